The molecule has 25 heavy (non-hydrogen) atoms. The van der Waals surface area contributed by atoms with Crippen LogP contribution in [-0.4, -0.2) is 28.5 Å². The Balaban J connectivity index is 1.35. The summed E-state index contributed by atoms with van der Waals surface area (Å²) in [6.45, 7) is 1.20. The Hall–Kier alpha value is -2.30. The van der Waals surface area contributed by atoms with E-state index >= 15 is 0 Å². The number of hydrogen-bond donors (Lipinski definition) is 0. The quantitative estimate of drug-likeness (QED) is 0.514. The van der Waals surface area contributed by atoms with E-state index in [0.29, 0.717) is 25.6 Å². The summed E-state index contributed by atoms with van der Waals surface area (Å²) in [4.78, 5) is 11.9. The first kappa shape index (κ1) is 17.5. The van der Waals surface area contributed by atoms with Crippen molar-refractivity contribution in [1.29, 1.82) is 0 Å². The highest BCUT2D eigenvalue weighted by molar-refractivity contribution is 5.69. The van der Waals surface area contributed by atoms with E-state index in [-0.39, 0.29) is 5.97 Å². The molecule has 0 aliphatic heterocycles. The molecule has 5 heteroatoms. The highest BCUT2D eigenvalue weighted by Gasteiger charge is 2.16. The minimum atomic E-state index is -0.150. The van der Waals surface area contributed by atoms with Gasteiger partial charge in [-0.05, 0) is 55.9 Å². The first-order chi connectivity index (χ1) is 12.3. The van der Waals surface area contributed by atoms with Crippen LogP contribution in [0.15, 0.2) is 42.7 Å². The van der Waals surface area contributed by atoms with Crippen LogP contribution in [0.4, 0.5) is 0 Å². The van der Waals surface area contributed by atoms with Crippen LogP contribution in [0.25, 0.3) is 0 Å². The van der Waals surface area contributed by atoms with E-state index in [1.54, 1.807) is 6.20 Å². The molecular formula is C20H26N2O3. The Morgan fingerprint density at radius 2 is 2.12 bits per heavy atom. The predicted octanol–water partition coefficient (Wildman–Crippen LogP) is 3.77. The third kappa shape index (κ3) is 5.93. The second-order valence-electron chi connectivity index (χ2n) is 6.51. The van der Waals surface area contributed by atoms with Crippen molar-refractivity contribution in [2.45, 2.75) is 57.6 Å². The number of rotatable bonds is 9. The molecule has 0 N–H and O–H groups in total. The van der Waals surface area contributed by atoms with Crippen LogP contribution in [0.3, 0.4) is 0 Å². The van der Waals surface area contributed by atoms with E-state index in [9.17, 15) is 4.79 Å². The molecule has 0 radical (unpaired) electrons. The Labute approximate surface area is 148 Å². The van der Waals surface area contributed by atoms with Crippen LogP contribution >= 0.6 is 0 Å². The fourth-order valence-corrected chi connectivity index (χ4v) is 3.14. The molecule has 3 rings (SSSR count). The highest BCUT2D eigenvalue weighted by atomic mass is 16.5. The van der Waals surface area contributed by atoms with Crippen molar-refractivity contribution in [3.63, 3.8) is 0 Å². The van der Waals surface area contributed by atoms with Crippen LogP contribution in [0.5, 0.6) is 5.75 Å². The van der Waals surface area contributed by atoms with Crippen molar-refractivity contribution in [3.05, 3.63) is 48.3 Å². The minimum Gasteiger partial charge on any atom is -0.490 e. The third-order valence-corrected chi connectivity index (χ3v) is 4.47. The number of aryl methyl sites for hydroxylation is 2. The van der Waals surface area contributed by atoms with Crippen LogP contribution in [0, 0.1) is 0 Å². The van der Waals surface area contributed by atoms with Gasteiger partial charge < -0.3 is 9.47 Å². The van der Waals surface area contributed by atoms with Crippen LogP contribution in [-0.2, 0) is 22.5 Å². The first-order valence-corrected chi connectivity index (χ1v) is 9.18. The van der Waals surface area contributed by atoms with Gasteiger partial charge in [0.15, 0.2) is 0 Å². The molecule has 0 amide bonds. The number of hydrogen-bond acceptors (Lipinski definition) is 4. The number of esters is 1. The lowest BCUT2D eigenvalue weighted by Gasteiger charge is -2.13. The number of carbonyl (C=O) groups is 1. The summed E-state index contributed by atoms with van der Waals surface area (Å²) in [5, 5.41) is 4.12. The average Bonchev–Trinajstić information content (AvgIpc) is 3.31. The molecule has 5 nitrogen and oxygen atoms in total. The van der Waals surface area contributed by atoms with Crippen LogP contribution in [0.1, 0.15) is 44.1 Å². The van der Waals surface area contributed by atoms with Gasteiger partial charge in [-0.1, -0.05) is 12.1 Å². The maximum absolute atomic E-state index is 11.9. The number of ether oxygens (including phenoxy) is 2. The molecule has 0 unspecified atom stereocenters. The normalized spacial score (nSPS) is 14.6. The molecule has 134 valence electrons. The third-order valence-electron chi connectivity index (χ3n) is 4.47. The minimum absolute atomic E-state index is 0.150. The Kier molecular flexibility index (Phi) is 6.48. The van der Waals surface area contributed by atoms with Gasteiger partial charge in [-0.15, -0.1) is 0 Å². The molecule has 1 fully saturated rings. The summed E-state index contributed by atoms with van der Waals surface area (Å²) < 4.78 is 13.1. The van der Waals surface area contributed by atoms with Crippen molar-refractivity contribution >= 4 is 5.97 Å². The topological polar surface area (TPSA) is 53.4 Å². The fourth-order valence-electron chi connectivity index (χ4n) is 3.14. The second-order valence-corrected chi connectivity index (χ2v) is 6.51. The molecular weight excluding hydrogens is 316 g/mol. The molecule has 0 saturated heterocycles. The van der Waals surface area contributed by atoms with Gasteiger partial charge in [0.1, 0.15) is 5.75 Å². The average molecular weight is 342 g/mol. The van der Waals surface area contributed by atoms with Gasteiger partial charge in [-0.3, -0.25) is 9.48 Å². The lowest BCUT2D eigenvalue weighted by Crippen LogP contribution is -2.11. The molecule has 2 aromatic rings. The number of benzene rings is 1. The fraction of sp³-hybridized carbons (Fsp3) is 0.500. The molecule has 0 spiro atoms. The van der Waals surface area contributed by atoms with Gasteiger partial charge in [0.05, 0.1) is 12.7 Å². The molecule has 0 atom stereocenters. The summed E-state index contributed by atoms with van der Waals surface area (Å²) in [5.41, 5.74) is 1.11. The molecule has 1 aromatic carbocycles. The first-order valence-electron chi connectivity index (χ1n) is 9.18. The van der Waals surface area contributed by atoms with Crippen LogP contribution < -0.4 is 4.74 Å². The predicted molar refractivity (Wildman–Crippen MR) is 95.5 cm³/mol. The second kappa shape index (κ2) is 9.25. The molecule has 1 aromatic heterocycles. The van der Waals surface area contributed by atoms with Gasteiger partial charge in [-0.25, -0.2) is 0 Å². The van der Waals surface area contributed by atoms with Crippen molar-refractivity contribution in [3.8, 4) is 5.75 Å². The largest absolute Gasteiger partial charge is 0.490 e. The monoisotopic (exact) mass is 342 g/mol. The van der Waals surface area contributed by atoms with Crippen molar-refractivity contribution < 1.29 is 14.3 Å². The zero-order valence-electron chi connectivity index (χ0n) is 14.6. The van der Waals surface area contributed by atoms with Crippen molar-refractivity contribution in [1.82, 2.24) is 9.78 Å². The maximum atomic E-state index is 11.9. The van der Waals surface area contributed by atoms with Gasteiger partial charge in [0.2, 0.25) is 0 Å². The summed E-state index contributed by atoms with van der Waals surface area (Å²) in [5.74, 6) is 0.763. The van der Waals surface area contributed by atoms with E-state index in [2.05, 4.69) is 5.10 Å². The van der Waals surface area contributed by atoms with Gasteiger partial charge >= 0.3 is 5.97 Å². The van der Waals surface area contributed by atoms with Crippen LogP contribution in [0.2, 0.25) is 0 Å². The van der Waals surface area contributed by atoms with E-state index in [0.717, 1.165) is 37.1 Å². The Morgan fingerprint density at radius 1 is 1.24 bits per heavy atom. The van der Waals surface area contributed by atoms with Gasteiger partial charge in [0, 0.05) is 31.8 Å². The lowest BCUT2D eigenvalue weighted by atomic mass is 10.1. The van der Waals surface area contributed by atoms with E-state index in [1.165, 1.54) is 12.8 Å². The SMILES string of the molecule is O=C(CCc1cccc(OC2CCCC2)c1)OCCCn1cccn1. The molecule has 1 saturated carbocycles. The maximum Gasteiger partial charge on any atom is 0.306 e. The van der Waals surface area contributed by atoms with E-state index in [1.807, 2.05) is 41.2 Å². The van der Waals surface area contributed by atoms with Gasteiger partial charge in [-0.2, -0.15) is 5.10 Å². The van der Waals surface area contributed by atoms with Crippen molar-refractivity contribution in [2.24, 2.45) is 0 Å². The van der Waals surface area contributed by atoms with E-state index in [4.69, 9.17) is 9.47 Å². The zero-order chi connectivity index (χ0) is 17.3. The summed E-state index contributed by atoms with van der Waals surface area (Å²) in [7, 11) is 0. The number of nitrogens with zero attached hydrogens (tertiary/aromatic N) is 2. The molecule has 1 heterocycles. The summed E-state index contributed by atoms with van der Waals surface area (Å²) in [6.07, 6.45) is 10.7. The Bertz CT molecular complexity index is 649. The van der Waals surface area contributed by atoms with Crippen molar-refractivity contribution in [2.75, 3.05) is 6.61 Å². The summed E-state index contributed by atoms with van der Waals surface area (Å²) >= 11 is 0. The number of carbonyl (C=O) groups excluding carboxylic acids is 1. The number of aromatic nitrogens is 2. The zero-order valence-corrected chi connectivity index (χ0v) is 14.6. The van der Waals surface area contributed by atoms with Gasteiger partial charge in [0.25, 0.3) is 0 Å². The van der Waals surface area contributed by atoms with E-state index < -0.39 is 0 Å². The standard InChI is InChI=1S/C20H26N2O3/c23-20(24-15-5-14-22-13-4-12-21-22)11-10-17-6-3-9-19(16-17)25-18-7-1-2-8-18/h3-4,6,9,12-13,16,18H,1-2,5,7-8,10-11,14-15H2. The summed E-state index contributed by atoms with van der Waals surface area (Å²) in [6, 6.07) is 9.96. The smallest absolute Gasteiger partial charge is 0.306 e. The molecule has 1 aliphatic rings. The Morgan fingerprint density at radius 3 is 2.92 bits per heavy atom. The molecule has 1 aliphatic carbocycles. The molecule has 0 bridgehead atoms. The lowest BCUT2D eigenvalue weighted by molar-refractivity contribution is -0.143. The highest BCUT2D eigenvalue weighted by Crippen LogP contribution is 2.24.